The Balaban J connectivity index is 2.57. The third kappa shape index (κ3) is 4.28. The monoisotopic (exact) mass is 242 g/mol. The first-order valence-corrected chi connectivity index (χ1v) is 5.16. The SMILES string of the molecule is COc1ccc(F)c(NC(=O)NCCCO)c1. The number of benzene rings is 1. The maximum Gasteiger partial charge on any atom is 0.319 e. The van der Waals surface area contributed by atoms with Crippen LogP contribution < -0.4 is 15.4 Å². The van der Waals surface area contributed by atoms with Crippen LogP contribution in [0.3, 0.4) is 0 Å². The lowest BCUT2D eigenvalue weighted by atomic mass is 10.3. The summed E-state index contributed by atoms with van der Waals surface area (Å²) in [5.41, 5.74) is 0.0471. The first-order chi connectivity index (χ1) is 8.17. The lowest BCUT2D eigenvalue weighted by molar-refractivity contribution is 0.248. The molecule has 1 aromatic carbocycles. The lowest BCUT2D eigenvalue weighted by Crippen LogP contribution is -2.30. The van der Waals surface area contributed by atoms with E-state index >= 15 is 0 Å². The average molecular weight is 242 g/mol. The molecule has 0 saturated heterocycles. The molecule has 0 atom stereocenters. The van der Waals surface area contributed by atoms with Crippen LogP contribution in [0.25, 0.3) is 0 Å². The molecular weight excluding hydrogens is 227 g/mol. The number of aliphatic hydroxyl groups excluding tert-OH is 1. The van der Waals surface area contributed by atoms with Crippen LogP contribution in [0.4, 0.5) is 14.9 Å². The molecule has 0 unspecified atom stereocenters. The minimum Gasteiger partial charge on any atom is -0.497 e. The fraction of sp³-hybridized carbons (Fsp3) is 0.364. The van der Waals surface area contributed by atoms with Crippen molar-refractivity contribution in [1.82, 2.24) is 5.32 Å². The second kappa shape index (κ2) is 6.70. The van der Waals surface area contributed by atoms with Crippen LogP contribution in [0.5, 0.6) is 5.75 Å². The molecule has 0 aromatic heterocycles. The first kappa shape index (κ1) is 13.2. The van der Waals surface area contributed by atoms with E-state index in [4.69, 9.17) is 9.84 Å². The largest absolute Gasteiger partial charge is 0.497 e. The predicted octanol–water partition coefficient (Wildman–Crippen LogP) is 1.34. The number of anilines is 1. The van der Waals surface area contributed by atoms with E-state index in [1.54, 1.807) is 0 Å². The molecule has 0 aliphatic carbocycles. The van der Waals surface area contributed by atoms with E-state index in [0.29, 0.717) is 18.7 Å². The number of carbonyl (C=O) groups excluding carboxylic acids is 1. The Hall–Kier alpha value is -1.82. The van der Waals surface area contributed by atoms with Gasteiger partial charge in [0.05, 0.1) is 12.8 Å². The molecule has 0 bridgehead atoms. The second-order valence-corrected chi connectivity index (χ2v) is 3.30. The van der Waals surface area contributed by atoms with E-state index in [1.807, 2.05) is 0 Å². The van der Waals surface area contributed by atoms with Gasteiger partial charge in [-0.3, -0.25) is 0 Å². The molecular formula is C11H15FN2O3. The smallest absolute Gasteiger partial charge is 0.319 e. The zero-order valence-corrected chi connectivity index (χ0v) is 9.50. The van der Waals surface area contributed by atoms with Crippen molar-refractivity contribution < 1.29 is 19.0 Å². The lowest BCUT2D eigenvalue weighted by Gasteiger charge is -2.09. The van der Waals surface area contributed by atoms with E-state index < -0.39 is 11.8 Å². The standard InChI is InChI=1S/C11H15FN2O3/c1-17-8-3-4-9(12)10(7-8)14-11(16)13-5-2-6-15/h3-4,7,15H,2,5-6H2,1H3,(H2,13,14,16). The quantitative estimate of drug-likeness (QED) is 0.682. The molecule has 0 fully saturated rings. The van der Waals surface area contributed by atoms with E-state index in [2.05, 4.69) is 10.6 Å². The number of amides is 2. The minimum atomic E-state index is -0.539. The van der Waals surface area contributed by atoms with Gasteiger partial charge in [0.15, 0.2) is 0 Å². The van der Waals surface area contributed by atoms with Gasteiger partial charge in [0.2, 0.25) is 0 Å². The molecule has 0 spiro atoms. The van der Waals surface area contributed by atoms with Crippen LogP contribution in [0.1, 0.15) is 6.42 Å². The van der Waals surface area contributed by atoms with E-state index in [0.717, 1.165) is 0 Å². The molecule has 0 aliphatic rings. The number of rotatable bonds is 5. The average Bonchev–Trinajstić information content (AvgIpc) is 2.32. The molecule has 0 aliphatic heterocycles. The summed E-state index contributed by atoms with van der Waals surface area (Å²) >= 11 is 0. The van der Waals surface area contributed by atoms with Crippen LogP contribution >= 0.6 is 0 Å². The van der Waals surface area contributed by atoms with Crippen molar-refractivity contribution in [2.45, 2.75) is 6.42 Å². The summed E-state index contributed by atoms with van der Waals surface area (Å²) in [4.78, 5) is 11.3. The Morgan fingerprint density at radius 2 is 2.29 bits per heavy atom. The molecule has 1 rings (SSSR count). The highest BCUT2D eigenvalue weighted by Crippen LogP contribution is 2.20. The second-order valence-electron chi connectivity index (χ2n) is 3.30. The predicted molar refractivity (Wildman–Crippen MR) is 61.7 cm³/mol. The van der Waals surface area contributed by atoms with Gasteiger partial charge in [0.1, 0.15) is 11.6 Å². The van der Waals surface area contributed by atoms with E-state index in [1.165, 1.54) is 25.3 Å². The van der Waals surface area contributed by atoms with Crippen LogP contribution in [-0.4, -0.2) is 31.4 Å². The van der Waals surface area contributed by atoms with Gasteiger partial charge in [0.25, 0.3) is 0 Å². The summed E-state index contributed by atoms with van der Waals surface area (Å²) < 4.78 is 18.2. The van der Waals surface area contributed by atoms with Gasteiger partial charge in [-0.1, -0.05) is 0 Å². The summed E-state index contributed by atoms with van der Waals surface area (Å²) in [6.45, 7) is 0.321. The van der Waals surface area contributed by atoms with Crippen molar-refractivity contribution in [2.75, 3.05) is 25.6 Å². The van der Waals surface area contributed by atoms with Crippen molar-refractivity contribution in [1.29, 1.82) is 0 Å². The maximum absolute atomic E-state index is 13.3. The fourth-order valence-corrected chi connectivity index (χ4v) is 1.17. The molecule has 94 valence electrons. The summed E-state index contributed by atoms with van der Waals surface area (Å²) in [6.07, 6.45) is 0.452. The molecule has 1 aromatic rings. The summed E-state index contributed by atoms with van der Waals surface area (Å²) in [5.74, 6) is -0.0832. The van der Waals surface area contributed by atoms with Crippen molar-refractivity contribution in [3.05, 3.63) is 24.0 Å². The Morgan fingerprint density at radius 1 is 1.53 bits per heavy atom. The Kier molecular flexibility index (Phi) is 5.22. The summed E-state index contributed by atoms with van der Waals surface area (Å²) in [5, 5.41) is 13.4. The topological polar surface area (TPSA) is 70.6 Å². The van der Waals surface area contributed by atoms with Crippen molar-refractivity contribution >= 4 is 11.7 Å². The summed E-state index contributed by atoms with van der Waals surface area (Å²) in [7, 11) is 1.46. The Labute approximate surface area is 98.6 Å². The normalized spacial score (nSPS) is 9.82. The molecule has 17 heavy (non-hydrogen) atoms. The third-order valence-electron chi connectivity index (χ3n) is 2.04. The van der Waals surface area contributed by atoms with Gasteiger partial charge in [0, 0.05) is 19.2 Å². The maximum atomic E-state index is 13.3. The molecule has 5 nitrogen and oxygen atoms in total. The van der Waals surface area contributed by atoms with Crippen LogP contribution in [-0.2, 0) is 0 Å². The van der Waals surface area contributed by atoms with Crippen LogP contribution in [0, 0.1) is 5.82 Å². The van der Waals surface area contributed by atoms with Gasteiger partial charge in [-0.25, -0.2) is 9.18 Å². The third-order valence-corrected chi connectivity index (χ3v) is 2.04. The molecule has 0 radical (unpaired) electrons. The number of methoxy groups -OCH3 is 1. The molecule has 2 amide bonds. The van der Waals surface area contributed by atoms with Crippen LogP contribution in [0.2, 0.25) is 0 Å². The van der Waals surface area contributed by atoms with Crippen molar-refractivity contribution in [2.24, 2.45) is 0 Å². The fourth-order valence-electron chi connectivity index (χ4n) is 1.17. The highest BCUT2D eigenvalue weighted by atomic mass is 19.1. The molecule has 0 heterocycles. The van der Waals surface area contributed by atoms with E-state index in [9.17, 15) is 9.18 Å². The highest BCUT2D eigenvalue weighted by Gasteiger charge is 2.07. The molecule has 6 heteroatoms. The van der Waals surface area contributed by atoms with Gasteiger partial charge >= 0.3 is 6.03 Å². The number of urea groups is 1. The number of aliphatic hydroxyl groups is 1. The minimum absolute atomic E-state index is 0.00615. The summed E-state index contributed by atoms with van der Waals surface area (Å²) in [6, 6.07) is 3.54. The number of hydrogen-bond acceptors (Lipinski definition) is 3. The number of carbonyl (C=O) groups is 1. The van der Waals surface area contributed by atoms with Crippen molar-refractivity contribution in [3.8, 4) is 5.75 Å². The van der Waals surface area contributed by atoms with Gasteiger partial charge < -0.3 is 20.5 Å². The molecule has 3 N–H and O–H groups in total. The van der Waals surface area contributed by atoms with Crippen molar-refractivity contribution in [3.63, 3.8) is 0 Å². The van der Waals surface area contributed by atoms with E-state index in [-0.39, 0.29) is 12.3 Å². The van der Waals surface area contributed by atoms with Gasteiger partial charge in [-0.05, 0) is 18.6 Å². The highest BCUT2D eigenvalue weighted by molar-refractivity contribution is 5.89. The van der Waals surface area contributed by atoms with Crippen LogP contribution in [0.15, 0.2) is 18.2 Å². The zero-order valence-electron chi connectivity index (χ0n) is 9.50. The zero-order chi connectivity index (χ0) is 12.7. The van der Waals surface area contributed by atoms with Gasteiger partial charge in [-0.2, -0.15) is 0 Å². The van der Waals surface area contributed by atoms with Gasteiger partial charge in [-0.15, -0.1) is 0 Å². The number of nitrogens with one attached hydrogen (secondary N) is 2. The number of hydrogen-bond donors (Lipinski definition) is 3. The Morgan fingerprint density at radius 3 is 2.94 bits per heavy atom. The Bertz CT molecular complexity index is 385. The number of halogens is 1. The number of ether oxygens (including phenoxy) is 1. The first-order valence-electron chi connectivity index (χ1n) is 5.16. The molecule has 0 saturated carbocycles.